The summed E-state index contributed by atoms with van der Waals surface area (Å²) in [5, 5.41) is 0. The first-order chi connectivity index (χ1) is 8.72. The van der Waals surface area contributed by atoms with Gasteiger partial charge >= 0.3 is 0 Å². The van der Waals surface area contributed by atoms with Crippen LogP contribution in [0.25, 0.3) is 0 Å². The van der Waals surface area contributed by atoms with Crippen LogP contribution in [0.4, 0.5) is 0 Å². The molecule has 1 heteroatoms. The van der Waals surface area contributed by atoms with E-state index < -0.39 is 0 Å². The maximum atomic E-state index is 4.46. The van der Waals surface area contributed by atoms with E-state index in [-0.39, 0.29) is 0 Å². The van der Waals surface area contributed by atoms with Gasteiger partial charge < -0.3 is 0 Å². The largest absolute Gasteiger partial charge is 0.143 e. The first kappa shape index (κ1) is 12.3. The molecule has 0 heterocycles. The van der Waals surface area contributed by atoms with Crippen LogP contribution in [-0.2, 0) is 12.8 Å². The van der Waals surface area contributed by atoms with Crippen LogP contribution in [0.5, 0.6) is 0 Å². The van der Waals surface area contributed by atoms with Gasteiger partial charge in [-0.3, -0.25) is 0 Å². The van der Waals surface area contributed by atoms with Crippen molar-refractivity contribution in [1.82, 2.24) is 0 Å². The minimum atomic E-state index is 0.815. The second-order valence-corrected chi connectivity index (χ2v) is 6.56. The molecule has 0 N–H and O–H groups in total. The van der Waals surface area contributed by atoms with Crippen molar-refractivity contribution < 1.29 is 0 Å². The highest BCUT2D eigenvalue weighted by Crippen LogP contribution is 2.38. The summed E-state index contributed by atoms with van der Waals surface area (Å²) in [6.45, 7) is 4.25. The molecular formula is C17H22S. The normalized spacial score (nSPS) is 27.3. The van der Waals surface area contributed by atoms with Gasteiger partial charge in [-0.05, 0) is 80.0 Å². The summed E-state index contributed by atoms with van der Waals surface area (Å²) in [7, 11) is 0. The first-order valence-electron chi connectivity index (χ1n) is 7.21. The Labute approximate surface area is 116 Å². The number of thiol groups is 1. The molecule has 1 saturated carbocycles. The number of rotatable bonds is 2. The van der Waals surface area contributed by atoms with Crippen molar-refractivity contribution >= 4 is 12.6 Å². The van der Waals surface area contributed by atoms with E-state index in [1.807, 2.05) is 0 Å². The Bertz CT molecular complexity index is 461. The lowest BCUT2D eigenvalue weighted by Gasteiger charge is -2.27. The van der Waals surface area contributed by atoms with Crippen molar-refractivity contribution in [2.45, 2.75) is 49.8 Å². The van der Waals surface area contributed by atoms with Crippen LogP contribution in [0, 0.1) is 11.8 Å². The minimum absolute atomic E-state index is 0.815. The minimum Gasteiger partial charge on any atom is -0.143 e. The molecule has 96 valence electrons. The molecule has 1 fully saturated rings. The number of hydrogen-bond donors (Lipinski definition) is 1. The smallest absolute Gasteiger partial charge is 0.00429 e. The molecule has 0 amide bonds. The molecule has 0 saturated heterocycles. The van der Waals surface area contributed by atoms with Gasteiger partial charge in [-0.15, -0.1) is 12.6 Å². The van der Waals surface area contributed by atoms with Gasteiger partial charge in [0.1, 0.15) is 0 Å². The average molecular weight is 258 g/mol. The second-order valence-electron chi connectivity index (χ2n) is 6.04. The highest BCUT2D eigenvalue weighted by atomic mass is 32.1. The predicted molar refractivity (Wildman–Crippen MR) is 80.3 cm³/mol. The Kier molecular flexibility index (Phi) is 3.52. The lowest BCUT2D eigenvalue weighted by Crippen LogP contribution is -2.17. The quantitative estimate of drug-likeness (QED) is 0.570. The molecule has 0 nitrogen and oxygen atoms in total. The van der Waals surface area contributed by atoms with Gasteiger partial charge in [0.05, 0.1) is 0 Å². The summed E-state index contributed by atoms with van der Waals surface area (Å²) in [6, 6.07) is 6.66. The van der Waals surface area contributed by atoms with Crippen molar-refractivity contribution in [2.75, 3.05) is 0 Å². The third-order valence-corrected chi connectivity index (χ3v) is 5.04. The van der Waals surface area contributed by atoms with E-state index in [9.17, 15) is 0 Å². The van der Waals surface area contributed by atoms with E-state index >= 15 is 0 Å². The fourth-order valence-electron chi connectivity index (χ4n) is 3.69. The number of allylic oxidation sites excluding steroid dienone is 1. The van der Waals surface area contributed by atoms with Crippen LogP contribution in [0.3, 0.4) is 0 Å². The third kappa shape index (κ3) is 2.51. The van der Waals surface area contributed by atoms with E-state index in [2.05, 4.69) is 37.4 Å². The van der Waals surface area contributed by atoms with E-state index in [1.165, 1.54) is 50.5 Å². The zero-order chi connectivity index (χ0) is 12.5. The molecule has 3 rings (SSSR count). The van der Waals surface area contributed by atoms with Crippen molar-refractivity contribution in [1.29, 1.82) is 0 Å². The maximum absolute atomic E-state index is 4.46. The monoisotopic (exact) mass is 258 g/mol. The molecule has 1 aromatic rings. The van der Waals surface area contributed by atoms with E-state index in [0.29, 0.717) is 0 Å². The van der Waals surface area contributed by atoms with E-state index in [0.717, 1.165) is 16.7 Å². The van der Waals surface area contributed by atoms with Crippen LogP contribution >= 0.6 is 12.6 Å². The van der Waals surface area contributed by atoms with Crippen molar-refractivity contribution in [3.63, 3.8) is 0 Å². The molecule has 0 bridgehead atoms. The molecule has 18 heavy (non-hydrogen) atoms. The van der Waals surface area contributed by atoms with Crippen LogP contribution < -0.4 is 0 Å². The molecule has 2 unspecified atom stereocenters. The first-order valence-corrected chi connectivity index (χ1v) is 7.65. The van der Waals surface area contributed by atoms with Crippen LogP contribution in [0.15, 0.2) is 35.2 Å². The van der Waals surface area contributed by atoms with E-state index in [4.69, 9.17) is 0 Å². The number of benzene rings is 1. The van der Waals surface area contributed by atoms with Gasteiger partial charge in [-0.25, -0.2) is 0 Å². The number of hydrogen-bond acceptors (Lipinski definition) is 1. The van der Waals surface area contributed by atoms with Crippen LogP contribution in [0.1, 0.15) is 43.2 Å². The summed E-state index contributed by atoms with van der Waals surface area (Å²) < 4.78 is 0. The SMILES string of the molecule is C=C1CCCC1CC1CCc2ccc(S)cc2C1. The van der Waals surface area contributed by atoms with E-state index in [1.54, 1.807) is 11.1 Å². The Morgan fingerprint density at radius 1 is 1.17 bits per heavy atom. The highest BCUT2D eigenvalue weighted by Gasteiger charge is 2.25. The Hall–Kier alpha value is -0.690. The summed E-state index contributed by atoms with van der Waals surface area (Å²) >= 11 is 4.46. The molecule has 0 aromatic heterocycles. The molecule has 0 spiro atoms. The zero-order valence-corrected chi connectivity index (χ0v) is 11.9. The van der Waals surface area contributed by atoms with Crippen molar-refractivity contribution in [3.05, 3.63) is 41.5 Å². The Morgan fingerprint density at radius 2 is 2.06 bits per heavy atom. The standard InChI is InChI=1S/C17H22S/c1-12-3-2-4-15(12)9-13-5-6-14-7-8-17(18)11-16(14)10-13/h7-8,11,13,15,18H,1-6,9-10H2. The van der Waals surface area contributed by atoms with Gasteiger partial charge in [0.15, 0.2) is 0 Å². The molecule has 0 aliphatic heterocycles. The lowest BCUT2D eigenvalue weighted by molar-refractivity contribution is 0.369. The summed E-state index contributed by atoms with van der Waals surface area (Å²) in [5.41, 5.74) is 4.61. The summed E-state index contributed by atoms with van der Waals surface area (Å²) in [4.78, 5) is 1.11. The van der Waals surface area contributed by atoms with Gasteiger partial charge in [0, 0.05) is 4.90 Å². The Balaban J connectivity index is 1.68. The van der Waals surface area contributed by atoms with Crippen molar-refractivity contribution in [3.8, 4) is 0 Å². The van der Waals surface area contributed by atoms with Crippen molar-refractivity contribution in [2.24, 2.45) is 11.8 Å². The zero-order valence-electron chi connectivity index (χ0n) is 11.0. The molecule has 2 aliphatic carbocycles. The van der Waals surface area contributed by atoms with Gasteiger partial charge in [0.2, 0.25) is 0 Å². The molecule has 1 aromatic carbocycles. The molecule has 2 atom stereocenters. The molecule has 2 aliphatic rings. The lowest BCUT2D eigenvalue weighted by atomic mass is 9.78. The maximum Gasteiger partial charge on any atom is 0.00429 e. The second kappa shape index (κ2) is 5.13. The van der Waals surface area contributed by atoms with Crippen LogP contribution in [-0.4, -0.2) is 0 Å². The predicted octanol–water partition coefficient (Wildman–Crippen LogP) is 4.83. The topological polar surface area (TPSA) is 0 Å². The Morgan fingerprint density at radius 3 is 2.83 bits per heavy atom. The van der Waals surface area contributed by atoms with Gasteiger partial charge in [-0.2, -0.15) is 0 Å². The highest BCUT2D eigenvalue weighted by molar-refractivity contribution is 7.80. The van der Waals surface area contributed by atoms with Gasteiger partial charge in [-0.1, -0.05) is 18.2 Å². The van der Waals surface area contributed by atoms with Crippen LogP contribution in [0.2, 0.25) is 0 Å². The third-order valence-electron chi connectivity index (χ3n) is 4.77. The number of aryl methyl sites for hydroxylation is 1. The summed E-state index contributed by atoms with van der Waals surface area (Å²) in [5.74, 6) is 1.68. The average Bonchev–Trinajstić information content (AvgIpc) is 2.74. The molecular weight excluding hydrogens is 236 g/mol. The fourth-order valence-corrected chi connectivity index (χ4v) is 3.92. The fraction of sp³-hybridized carbons (Fsp3) is 0.529. The summed E-state index contributed by atoms with van der Waals surface area (Å²) in [6.07, 6.45) is 9.27. The number of fused-ring (bicyclic) bond motifs is 1. The molecule has 0 radical (unpaired) electrons. The van der Waals surface area contributed by atoms with Gasteiger partial charge in [0.25, 0.3) is 0 Å².